The Morgan fingerprint density at radius 1 is 1.18 bits per heavy atom. The molecule has 2 rings (SSSR count). The third kappa shape index (κ3) is 2.44. The van der Waals surface area contributed by atoms with E-state index < -0.39 is 0 Å². The van der Waals surface area contributed by atoms with Crippen molar-refractivity contribution in [3.8, 4) is 11.3 Å². The van der Waals surface area contributed by atoms with Crippen molar-refractivity contribution in [2.24, 2.45) is 0 Å². The number of rotatable bonds is 2. The highest BCUT2D eigenvalue weighted by molar-refractivity contribution is 7.71. The monoisotopic (exact) mass is 244 g/mol. The summed E-state index contributed by atoms with van der Waals surface area (Å²) < 4.78 is 0.691. The first-order chi connectivity index (χ1) is 8.11. The lowest BCUT2D eigenvalue weighted by molar-refractivity contribution is 0.926. The molecule has 1 aromatic carbocycles. The Morgan fingerprint density at radius 2 is 1.82 bits per heavy atom. The lowest BCUT2D eigenvalue weighted by atomic mass is 10.1. The minimum Gasteiger partial charge on any atom is -0.343 e. The first-order valence-electron chi connectivity index (χ1n) is 5.78. The van der Waals surface area contributed by atoms with Crippen molar-refractivity contribution in [1.29, 1.82) is 0 Å². The number of hydrogen-bond donors (Lipinski definition) is 1. The Morgan fingerprint density at radius 3 is 2.41 bits per heavy atom. The number of aromatic amines is 1. The standard InChI is InChI=1S/C14H16N2S/c1-4-12-15-13(10(3)14(17)16-12)11-7-5-9(2)6-8-11/h5-8H,4H2,1-3H3,(H,15,16,17). The summed E-state index contributed by atoms with van der Waals surface area (Å²) in [7, 11) is 0. The molecule has 3 heteroatoms. The van der Waals surface area contributed by atoms with E-state index in [1.165, 1.54) is 5.56 Å². The highest BCUT2D eigenvalue weighted by Crippen LogP contribution is 2.22. The molecular formula is C14H16N2S. The largest absolute Gasteiger partial charge is 0.343 e. The fraction of sp³-hybridized carbons (Fsp3) is 0.286. The highest BCUT2D eigenvalue weighted by Gasteiger charge is 2.06. The molecule has 0 amide bonds. The third-order valence-corrected chi connectivity index (χ3v) is 3.27. The number of aryl methyl sites for hydroxylation is 2. The fourth-order valence-electron chi connectivity index (χ4n) is 1.76. The zero-order valence-corrected chi connectivity index (χ0v) is 11.2. The highest BCUT2D eigenvalue weighted by atomic mass is 32.1. The van der Waals surface area contributed by atoms with Crippen molar-refractivity contribution in [2.45, 2.75) is 27.2 Å². The average molecular weight is 244 g/mol. The minimum absolute atomic E-state index is 0.691. The lowest BCUT2D eigenvalue weighted by Crippen LogP contribution is -1.99. The summed E-state index contributed by atoms with van der Waals surface area (Å²) in [5, 5.41) is 0. The molecule has 0 atom stereocenters. The molecule has 2 nitrogen and oxygen atoms in total. The molecule has 88 valence electrons. The molecule has 0 unspecified atom stereocenters. The third-order valence-electron chi connectivity index (χ3n) is 2.88. The summed E-state index contributed by atoms with van der Waals surface area (Å²) in [6, 6.07) is 8.44. The maximum atomic E-state index is 5.29. The van der Waals surface area contributed by atoms with Crippen LogP contribution in [0.2, 0.25) is 0 Å². The number of nitrogens with zero attached hydrogens (tertiary/aromatic N) is 1. The Kier molecular flexibility index (Phi) is 3.38. The summed E-state index contributed by atoms with van der Waals surface area (Å²) in [4.78, 5) is 7.72. The number of benzene rings is 1. The van der Waals surface area contributed by atoms with Crippen LogP contribution < -0.4 is 0 Å². The zero-order chi connectivity index (χ0) is 12.4. The van der Waals surface area contributed by atoms with E-state index in [1.807, 2.05) is 6.92 Å². The van der Waals surface area contributed by atoms with Crippen LogP contribution in [0, 0.1) is 18.5 Å². The van der Waals surface area contributed by atoms with Crippen molar-refractivity contribution >= 4 is 12.2 Å². The van der Waals surface area contributed by atoms with Gasteiger partial charge in [-0.2, -0.15) is 0 Å². The normalized spacial score (nSPS) is 10.5. The van der Waals surface area contributed by atoms with Gasteiger partial charge >= 0.3 is 0 Å². The zero-order valence-electron chi connectivity index (χ0n) is 10.4. The van der Waals surface area contributed by atoms with Crippen molar-refractivity contribution in [2.75, 3.05) is 0 Å². The number of H-pyrrole nitrogens is 1. The van der Waals surface area contributed by atoms with Crippen LogP contribution in [0.3, 0.4) is 0 Å². The number of nitrogens with one attached hydrogen (secondary N) is 1. The maximum absolute atomic E-state index is 5.29. The second-order valence-electron chi connectivity index (χ2n) is 4.21. The van der Waals surface area contributed by atoms with Crippen LogP contribution in [0.5, 0.6) is 0 Å². The molecule has 1 heterocycles. The van der Waals surface area contributed by atoms with Crippen LogP contribution in [-0.2, 0) is 6.42 Å². The van der Waals surface area contributed by atoms with Gasteiger partial charge in [0.1, 0.15) is 10.5 Å². The van der Waals surface area contributed by atoms with E-state index in [4.69, 9.17) is 12.2 Å². The molecule has 0 aliphatic rings. The Bertz CT molecular complexity index is 582. The summed E-state index contributed by atoms with van der Waals surface area (Å²) in [6.07, 6.45) is 0.864. The molecule has 1 aromatic heterocycles. The van der Waals surface area contributed by atoms with E-state index in [1.54, 1.807) is 0 Å². The molecule has 0 saturated heterocycles. The molecule has 0 aliphatic carbocycles. The number of hydrogen-bond acceptors (Lipinski definition) is 2. The topological polar surface area (TPSA) is 28.7 Å². The Balaban J connectivity index is 2.62. The summed E-state index contributed by atoms with van der Waals surface area (Å²) in [5.74, 6) is 0.941. The second-order valence-corrected chi connectivity index (χ2v) is 4.59. The molecule has 0 saturated carbocycles. The maximum Gasteiger partial charge on any atom is 0.133 e. The van der Waals surface area contributed by atoms with Crippen LogP contribution in [0.15, 0.2) is 24.3 Å². The van der Waals surface area contributed by atoms with Crippen LogP contribution in [0.4, 0.5) is 0 Å². The van der Waals surface area contributed by atoms with E-state index in [0.717, 1.165) is 29.1 Å². The SMILES string of the molecule is CCc1nc(=S)c(C)c(-c2ccc(C)cc2)[nH]1. The Labute approximate surface area is 107 Å². The molecule has 0 spiro atoms. The van der Waals surface area contributed by atoms with E-state index in [0.29, 0.717) is 4.64 Å². The van der Waals surface area contributed by atoms with Gasteiger partial charge in [0.15, 0.2) is 0 Å². The molecule has 0 bridgehead atoms. The van der Waals surface area contributed by atoms with Gasteiger partial charge in [-0.15, -0.1) is 0 Å². The van der Waals surface area contributed by atoms with Gasteiger partial charge in [0.05, 0.1) is 5.69 Å². The predicted molar refractivity (Wildman–Crippen MR) is 73.7 cm³/mol. The molecule has 1 N–H and O–H groups in total. The smallest absolute Gasteiger partial charge is 0.133 e. The van der Waals surface area contributed by atoms with Gasteiger partial charge in [-0.05, 0) is 19.4 Å². The van der Waals surface area contributed by atoms with Crippen LogP contribution in [0.1, 0.15) is 23.9 Å². The first-order valence-corrected chi connectivity index (χ1v) is 6.19. The second kappa shape index (κ2) is 4.80. The van der Waals surface area contributed by atoms with Gasteiger partial charge in [0.25, 0.3) is 0 Å². The summed E-state index contributed by atoms with van der Waals surface area (Å²) >= 11 is 5.29. The van der Waals surface area contributed by atoms with E-state index >= 15 is 0 Å². The summed E-state index contributed by atoms with van der Waals surface area (Å²) in [5.41, 5.74) is 4.55. The molecular weight excluding hydrogens is 228 g/mol. The molecule has 2 aromatic rings. The van der Waals surface area contributed by atoms with Gasteiger partial charge in [0.2, 0.25) is 0 Å². The van der Waals surface area contributed by atoms with Crippen molar-refractivity contribution in [1.82, 2.24) is 9.97 Å². The predicted octanol–water partition coefficient (Wildman–Crippen LogP) is 3.99. The van der Waals surface area contributed by atoms with E-state index in [2.05, 4.69) is 48.1 Å². The van der Waals surface area contributed by atoms with E-state index in [-0.39, 0.29) is 0 Å². The summed E-state index contributed by atoms with van der Waals surface area (Å²) in [6.45, 7) is 6.17. The van der Waals surface area contributed by atoms with Crippen LogP contribution >= 0.6 is 12.2 Å². The fourth-order valence-corrected chi connectivity index (χ4v) is 1.97. The van der Waals surface area contributed by atoms with Crippen molar-refractivity contribution < 1.29 is 0 Å². The van der Waals surface area contributed by atoms with E-state index in [9.17, 15) is 0 Å². The van der Waals surface area contributed by atoms with Gasteiger partial charge in [0, 0.05) is 12.0 Å². The average Bonchev–Trinajstić information content (AvgIpc) is 2.34. The molecule has 17 heavy (non-hydrogen) atoms. The van der Waals surface area contributed by atoms with Crippen LogP contribution in [-0.4, -0.2) is 9.97 Å². The van der Waals surface area contributed by atoms with Gasteiger partial charge in [-0.25, -0.2) is 4.98 Å². The molecule has 0 aliphatic heterocycles. The van der Waals surface area contributed by atoms with Gasteiger partial charge < -0.3 is 4.98 Å². The molecule has 0 radical (unpaired) electrons. The Hall–Kier alpha value is -1.48. The molecule has 0 fully saturated rings. The minimum atomic E-state index is 0.691. The number of aromatic nitrogens is 2. The van der Waals surface area contributed by atoms with Crippen molar-refractivity contribution in [3.05, 3.63) is 45.9 Å². The lowest BCUT2D eigenvalue weighted by Gasteiger charge is -2.09. The van der Waals surface area contributed by atoms with Gasteiger partial charge in [-0.3, -0.25) is 0 Å². The van der Waals surface area contributed by atoms with Crippen molar-refractivity contribution in [3.63, 3.8) is 0 Å². The van der Waals surface area contributed by atoms with Crippen LogP contribution in [0.25, 0.3) is 11.3 Å². The van der Waals surface area contributed by atoms with Gasteiger partial charge in [-0.1, -0.05) is 49.0 Å². The first kappa shape index (κ1) is 12.0. The quantitative estimate of drug-likeness (QED) is 0.809.